The molecule has 0 saturated heterocycles. The number of benzene rings is 1. The summed E-state index contributed by atoms with van der Waals surface area (Å²) in [5.41, 5.74) is 3.78. The molecule has 0 spiro atoms. The second kappa shape index (κ2) is 7.28. The van der Waals surface area contributed by atoms with Gasteiger partial charge in [-0.3, -0.25) is 0 Å². The van der Waals surface area contributed by atoms with E-state index in [0.717, 1.165) is 17.0 Å². The van der Waals surface area contributed by atoms with E-state index < -0.39 is 0 Å². The molecule has 8 nitrogen and oxygen atoms in total. The smallest absolute Gasteiger partial charge is 0.214 e. The Labute approximate surface area is 160 Å². The van der Waals surface area contributed by atoms with E-state index in [4.69, 9.17) is 9.47 Å². The molecule has 27 heavy (non-hydrogen) atoms. The lowest BCUT2D eigenvalue weighted by molar-refractivity contribution is 0.399. The molecule has 3 aromatic heterocycles. The zero-order chi connectivity index (χ0) is 18.8. The molecule has 0 fully saturated rings. The lowest BCUT2D eigenvalue weighted by Gasteiger charge is -2.10. The minimum Gasteiger partial charge on any atom is -0.497 e. The van der Waals surface area contributed by atoms with Crippen LogP contribution in [0.1, 0.15) is 11.3 Å². The fraction of sp³-hybridized carbons (Fsp3) is 0.222. The summed E-state index contributed by atoms with van der Waals surface area (Å²) in [5, 5.41) is 12.7. The summed E-state index contributed by atoms with van der Waals surface area (Å²) in [6.07, 6.45) is 4.08. The highest BCUT2D eigenvalue weighted by Crippen LogP contribution is 2.30. The molecule has 1 aromatic carbocycles. The van der Waals surface area contributed by atoms with Gasteiger partial charge in [-0.15, -0.1) is 5.10 Å². The summed E-state index contributed by atoms with van der Waals surface area (Å²) in [5.74, 6) is 2.01. The Balaban J connectivity index is 1.60. The van der Waals surface area contributed by atoms with Crippen LogP contribution in [-0.4, -0.2) is 43.8 Å². The number of aromatic nitrogens is 6. The molecule has 0 aliphatic heterocycles. The van der Waals surface area contributed by atoms with E-state index in [9.17, 15) is 0 Å². The standard InChI is InChI=1S/C18H18N6O2S/c1-12-4-7-17-19-13(10-23(17)9-12)11-27-18-20-21-22-24(18)15-8-14(25-2)5-6-16(15)26-3/h4-10H,11H2,1-3H3. The zero-order valence-electron chi connectivity index (χ0n) is 15.2. The predicted molar refractivity (Wildman–Crippen MR) is 102 cm³/mol. The molecule has 0 atom stereocenters. The maximum atomic E-state index is 5.44. The largest absolute Gasteiger partial charge is 0.497 e. The molecule has 0 radical (unpaired) electrons. The van der Waals surface area contributed by atoms with Crippen molar-refractivity contribution in [2.24, 2.45) is 0 Å². The second-order valence-electron chi connectivity index (χ2n) is 5.90. The molecule has 138 valence electrons. The summed E-state index contributed by atoms with van der Waals surface area (Å²) in [4.78, 5) is 4.64. The van der Waals surface area contributed by atoms with Gasteiger partial charge in [-0.1, -0.05) is 17.8 Å². The highest BCUT2D eigenvalue weighted by Gasteiger charge is 2.15. The average Bonchev–Trinajstić information content (AvgIpc) is 3.31. The number of nitrogens with zero attached hydrogens (tertiary/aromatic N) is 6. The minimum absolute atomic E-state index is 0.646. The van der Waals surface area contributed by atoms with Crippen LogP contribution in [0.15, 0.2) is 47.9 Å². The number of aryl methyl sites for hydroxylation is 1. The van der Waals surface area contributed by atoms with Gasteiger partial charge in [-0.25, -0.2) is 4.98 Å². The van der Waals surface area contributed by atoms with Crippen LogP contribution in [0.2, 0.25) is 0 Å². The third-order valence-corrected chi connectivity index (χ3v) is 5.01. The third kappa shape index (κ3) is 3.45. The van der Waals surface area contributed by atoms with Crippen LogP contribution >= 0.6 is 11.8 Å². The SMILES string of the molecule is COc1ccc(OC)c(-n2nnnc2SCc2cn3cc(C)ccc3n2)c1. The van der Waals surface area contributed by atoms with Gasteiger partial charge in [0.2, 0.25) is 5.16 Å². The van der Waals surface area contributed by atoms with E-state index in [1.807, 2.05) is 34.9 Å². The number of rotatable bonds is 6. The topological polar surface area (TPSA) is 79.4 Å². The molecule has 0 amide bonds. The Hall–Kier alpha value is -3.07. The van der Waals surface area contributed by atoms with Gasteiger partial charge in [-0.05, 0) is 41.1 Å². The predicted octanol–water partition coefficient (Wildman–Crippen LogP) is 2.93. The number of imidazole rings is 1. The van der Waals surface area contributed by atoms with Gasteiger partial charge in [0.25, 0.3) is 0 Å². The molecule has 0 bridgehead atoms. The maximum Gasteiger partial charge on any atom is 0.214 e. The van der Waals surface area contributed by atoms with Crippen molar-refractivity contribution >= 4 is 17.4 Å². The van der Waals surface area contributed by atoms with Gasteiger partial charge in [0.05, 0.1) is 19.9 Å². The number of hydrogen-bond donors (Lipinski definition) is 0. The summed E-state index contributed by atoms with van der Waals surface area (Å²) in [6, 6.07) is 9.56. The fourth-order valence-corrected chi connectivity index (χ4v) is 3.51. The highest BCUT2D eigenvalue weighted by molar-refractivity contribution is 7.98. The van der Waals surface area contributed by atoms with E-state index in [-0.39, 0.29) is 0 Å². The molecule has 4 aromatic rings. The molecular formula is C18H18N6O2S. The maximum absolute atomic E-state index is 5.44. The normalized spacial score (nSPS) is 11.1. The van der Waals surface area contributed by atoms with Gasteiger partial charge in [0.15, 0.2) is 0 Å². The van der Waals surface area contributed by atoms with E-state index in [0.29, 0.717) is 22.4 Å². The van der Waals surface area contributed by atoms with Crippen LogP contribution < -0.4 is 9.47 Å². The number of tetrazole rings is 1. The van der Waals surface area contributed by atoms with E-state index in [1.165, 1.54) is 17.3 Å². The van der Waals surface area contributed by atoms with Crippen molar-refractivity contribution in [3.8, 4) is 17.2 Å². The van der Waals surface area contributed by atoms with Gasteiger partial charge in [0, 0.05) is 24.2 Å². The average molecular weight is 382 g/mol. The van der Waals surface area contributed by atoms with Crippen LogP contribution in [0.3, 0.4) is 0 Å². The molecule has 0 aliphatic carbocycles. The molecule has 9 heteroatoms. The first-order chi connectivity index (χ1) is 13.2. The van der Waals surface area contributed by atoms with E-state index >= 15 is 0 Å². The number of pyridine rings is 1. The Morgan fingerprint density at radius 3 is 2.78 bits per heavy atom. The van der Waals surface area contributed by atoms with Gasteiger partial charge >= 0.3 is 0 Å². The summed E-state index contributed by atoms with van der Waals surface area (Å²) in [7, 11) is 3.23. The van der Waals surface area contributed by atoms with Crippen LogP contribution in [0, 0.1) is 6.92 Å². The molecule has 4 rings (SSSR count). The zero-order valence-corrected chi connectivity index (χ0v) is 16.0. The van der Waals surface area contributed by atoms with Gasteiger partial charge in [0.1, 0.15) is 22.8 Å². The van der Waals surface area contributed by atoms with Crippen molar-refractivity contribution in [3.05, 3.63) is 54.0 Å². The highest BCUT2D eigenvalue weighted by atomic mass is 32.2. The van der Waals surface area contributed by atoms with Crippen molar-refractivity contribution in [1.29, 1.82) is 0 Å². The van der Waals surface area contributed by atoms with Crippen molar-refractivity contribution in [3.63, 3.8) is 0 Å². The minimum atomic E-state index is 0.646. The molecule has 0 N–H and O–H groups in total. The Kier molecular flexibility index (Phi) is 4.68. The quantitative estimate of drug-likeness (QED) is 0.474. The molecule has 0 saturated carbocycles. The van der Waals surface area contributed by atoms with Crippen molar-refractivity contribution in [2.45, 2.75) is 17.8 Å². The molecule has 0 unspecified atom stereocenters. The van der Waals surface area contributed by atoms with Gasteiger partial charge < -0.3 is 13.9 Å². The molecule has 3 heterocycles. The first-order valence-corrected chi connectivity index (χ1v) is 9.24. The van der Waals surface area contributed by atoms with Crippen molar-refractivity contribution in [1.82, 2.24) is 29.6 Å². The molecular weight excluding hydrogens is 364 g/mol. The lowest BCUT2D eigenvalue weighted by atomic mass is 10.3. The van der Waals surface area contributed by atoms with Crippen LogP contribution in [0.5, 0.6) is 11.5 Å². The van der Waals surface area contributed by atoms with Crippen molar-refractivity contribution < 1.29 is 9.47 Å². The van der Waals surface area contributed by atoms with Crippen LogP contribution in [0.4, 0.5) is 0 Å². The third-order valence-electron chi connectivity index (χ3n) is 4.05. The summed E-state index contributed by atoms with van der Waals surface area (Å²) >= 11 is 1.51. The fourth-order valence-electron chi connectivity index (χ4n) is 2.75. The molecule has 0 aliphatic rings. The lowest BCUT2D eigenvalue weighted by Crippen LogP contribution is -2.02. The number of hydrogen-bond acceptors (Lipinski definition) is 7. The Morgan fingerprint density at radius 1 is 1.07 bits per heavy atom. The number of methoxy groups -OCH3 is 2. The van der Waals surface area contributed by atoms with E-state index in [2.05, 4.69) is 39.7 Å². The summed E-state index contributed by atoms with van der Waals surface area (Å²) in [6.45, 7) is 2.06. The first kappa shape index (κ1) is 17.3. The second-order valence-corrected chi connectivity index (χ2v) is 6.85. The Bertz CT molecular complexity index is 1090. The number of fused-ring (bicyclic) bond motifs is 1. The first-order valence-electron chi connectivity index (χ1n) is 8.26. The van der Waals surface area contributed by atoms with Crippen LogP contribution in [-0.2, 0) is 5.75 Å². The van der Waals surface area contributed by atoms with Crippen molar-refractivity contribution in [2.75, 3.05) is 14.2 Å². The Morgan fingerprint density at radius 2 is 1.96 bits per heavy atom. The van der Waals surface area contributed by atoms with E-state index in [1.54, 1.807) is 18.9 Å². The number of ether oxygens (including phenoxy) is 2. The number of thioether (sulfide) groups is 1. The monoisotopic (exact) mass is 382 g/mol. The van der Waals surface area contributed by atoms with Crippen LogP contribution in [0.25, 0.3) is 11.3 Å². The summed E-state index contributed by atoms with van der Waals surface area (Å²) < 4.78 is 14.4. The van der Waals surface area contributed by atoms with Gasteiger partial charge in [-0.2, -0.15) is 4.68 Å².